The van der Waals surface area contributed by atoms with Gasteiger partial charge >= 0.3 is 11.1 Å². The first-order valence-electron chi connectivity index (χ1n) is 5.94. The van der Waals surface area contributed by atoms with Crippen molar-refractivity contribution in [3.8, 4) is 0 Å². The summed E-state index contributed by atoms with van der Waals surface area (Å²) in [6, 6.07) is 5.04. The Morgan fingerprint density at radius 1 is 1.14 bits per heavy atom. The number of ketones is 1. The fraction of sp³-hybridized carbons (Fsp3) is 0.154. The second-order valence-electron chi connectivity index (χ2n) is 4.37. The van der Waals surface area contributed by atoms with Crippen LogP contribution < -0.4 is 11.1 Å². The molecule has 0 atom stereocenters. The number of hydrogen-bond acceptors (Lipinski definition) is 5. The molecule has 0 aliphatic rings. The Bertz CT molecular complexity index is 817. The summed E-state index contributed by atoms with van der Waals surface area (Å²) in [5.41, 5.74) is -1.42. The largest absolute Gasteiger partial charge is 0.316 e. The first-order valence-corrected chi connectivity index (χ1v) is 5.94. The number of aryl methyl sites for hydroxylation is 1. The summed E-state index contributed by atoms with van der Waals surface area (Å²) in [6.45, 7) is -0.299. The Morgan fingerprint density at radius 2 is 1.76 bits per heavy atom. The number of nitro benzene ring substituents is 1. The van der Waals surface area contributed by atoms with Crippen molar-refractivity contribution in [2.45, 2.75) is 6.54 Å². The first kappa shape index (κ1) is 14.4. The van der Waals surface area contributed by atoms with Gasteiger partial charge in [0.25, 0.3) is 5.69 Å². The van der Waals surface area contributed by atoms with Crippen LogP contribution in [0.4, 0.5) is 5.69 Å². The molecular weight excluding hydrogens is 278 g/mol. The number of benzene rings is 1. The Labute approximate surface area is 118 Å². The van der Waals surface area contributed by atoms with Gasteiger partial charge in [-0.3, -0.25) is 24.5 Å². The molecule has 0 bridgehead atoms. The molecule has 108 valence electrons. The lowest BCUT2D eigenvalue weighted by Gasteiger charge is -2.05. The number of Topliss-reactive ketones (excluding diaryl/α,β-unsaturated/α-hetero) is 1. The molecule has 0 saturated carbocycles. The van der Waals surface area contributed by atoms with Gasteiger partial charge in [0.05, 0.1) is 11.5 Å². The van der Waals surface area contributed by atoms with Crippen LogP contribution in [0.3, 0.4) is 0 Å². The van der Waals surface area contributed by atoms with Gasteiger partial charge in [-0.2, -0.15) is 0 Å². The molecule has 21 heavy (non-hydrogen) atoms. The Hall–Kier alpha value is -3.03. The molecule has 0 spiro atoms. The summed E-state index contributed by atoms with van der Waals surface area (Å²) >= 11 is 0. The lowest BCUT2D eigenvalue weighted by atomic mass is 10.1. The van der Waals surface area contributed by atoms with Crippen molar-refractivity contribution in [2.75, 3.05) is 0 Å². The third kappa shape index (κ3) is 2.94. The van der Waals surface area contributed by atoms with Crippen molar-refractivity contribution in [2.24, 2.45) is 7.05 Å². The van der Waals surface area contributed by atoms with Crippen LogP contribution in [-0.4, -0.2) is 19.8 Å². The number of aromatic nitrogens is 2. The minimum Gasteiger partial charge on any atom is -0.312 e. The van der Waals surface area contributed by atoms with Gasteiger partial charge in [-0.15, -0.1) is 0 Å². The van der Waals surface area contributed by atoms with Crippen LogP contribution in [0.25, 0.3) is 0 Å². The van der Waals surface area contributed by atoms with Gasteiger partial charge in [0, 0.05) is 37.1 Å². The van der Waals surface area contributed by atoms with Crippen molar-refractivity contribution in [3.63, 3.8) is 0 Å². The average Bonchev–Trinajstić information content (AvgIpc) is 2.48. The normalized spacial score (nSPS) is 10.3. The van der Waals surface area contributed by atoms with Crippen molar-refractivity contribution < 1.29 is 9.72 Å². The maximum absolute atomic E-state index is 12.0. The lowest BCUT2D eigenvalue weighted by molar-refractivity contribution is -0.384. The molecule has 8 heteroatoms. The van der Waals surface area contributed by atoms with E-state index in [-0.39, 0.29) is 17.8 Å². The van der Waals surface area contributed by atoms with E-state index < -0.39 is 21.8 Å². The molecule has 0 unspecified atom stereocenters. The summed E-state index contributed by atoms with van der Waals surface area (Å²) < 4.78 is 2.13. The van der Waals surface area contributed by atoms with Gasteiger partial charge in [0.1, 0.15) is 0 Å². The summed E-state index contributed by atoms with van der Waals surface area (Å²) in [4.78, 5) is 45.1. The van der Waals surface area contributed by atoms with Crippen LogP contribution in [0.15, 0.2) is 46.2 Å². The van der Waals surface area contributed by atoms with E-state index in [2.05, 4.69) is 0 Å². The molecule has 1 aromatic heterocycles. The van der Waals surface area contributed by atoms with Crippen LogP contribution in [0.1, 0.15) is 10.4 Å². The molecule has 0 N–H and O–H groups in total. The minimum absolute atomic E-state index is 0.128. The summed E-state index contributed by atoms with van der Waals surface area (Å²) in [7, 11) is 1.44. The van der Waals surface area contributed by atoms with E-state index in [0.717, 1.165) is 9.13 Å². The van der Waals surface area contributed by atoms with Crippen LogP contribution in [0, 0.1) is 10.1 Å². The highest BCUT2D eigenvalue weighted by Crippen LogP contribution is 2.12. The van der Waals surface area contributed by atoms with Crippen molar-refractivity contribution >= 4 is 11.5 Å². The van der Waals surface area contributed by atoms with E-state index in [1.807, 2.05) is 0 Å². The van der Waals surface area contributed by atoms with Crippen molar-refractivity contribution in [3.05, 3.63) is 73.0 Å². The lowest BCUT2D eigenvalue weighted by Crippen LogP contribution is -2.40. The number of carbonyl (C=O) groups is 1. The summed E-state index contributed by atoms with van der Waals surface area (Å²) in [6.07, 6.45) is 2.72. The topological polar surface area (TPSA) is 104 Å². The van der Waals surface area contributed by atoms with E-state index in [4.69, 9.17) is 0 Å². The molecule has 8 nitrogen and oxygen atoms in total. The van der Waals surface area contributed by atoms with Crippen molar-refractivity contribution in [1.29, 1.82) is 0 Å². The molecule has 1 aromatic carbocycles. The van der Waals surface area contributed by atoms with Crippen LogP contribution >= 0.6 is 0 Å². The SMILES string of the molecule is Cn1ccn(CC(=O)c2ccc([N+](=O)[O-])cc2)c(=O)c1=O. The van der Waals surface area contributed by atoms with Gasteiger partial charge in [-0.1, -0.05) is 0 Å². The molecule has 0 radical (unpaired) electrons. The Morgan fingerprint density at radius 3 is 2.33 bits per heavy atom. The Kier molecular flexibility index (Phi) is 3.79. The van der Waals surface area contributed by atoms with E-state index in [1.54, 1.807) is 0 Å². The molecule has 2 aromatic rings. The minimum atomic E-state index is -0.796. The van der Waals surface area contributed by atoms with Crippen LogP contribution in [0.5, 0.6) is 0 Å². The highest BCUT2D eigenvalue weighted by molar-refractivity contribution is 5.96. The van der Waals surface area contributed by atoms with Gasteiger partial charge in [-0.05, 0) is 12.1 Å². The first-order chi connectivity index (χ1) is 9.90. The van der Waals surface area contributed by atoms with Crippen LogP contribution in [0.2, 0.25) is 0 Å². The van der Waals surface area contributed by atoms with E-state index in [1.165, 1.54) is 43.7 Å². The Balaban J connectivity index is 2.26. The molecule has 0 amide bonds. The molecule has 0 fully saturated rings. The van der Waals surface area contributed by atoms with Crippen molar-refractivity contribution in [1.82, 2.24) is 9.13 Å². The fourth-order valence-corrected chi connectivity index (χ4v) is 1.73. The quantitative estimate of drug-likeness (QED) is 0.349. The number of non-ortho nitro benzene ring substituents is 1. The maximum atomic E-state index is 12.0. The predicted molar refractivity (Wildman–Crippen MR) is 73.4 cm³/mol. The zero-order chi connectivity index (χ0) is 15.6. The van der Waals surface area contributed by atoms with Gasteiger partial charge in [0.15, 0.2) is 5.78 Å². The highest BCUT2D eigenvalue weighted by atomic mass is 16.6. The monoisotopic (exact) mass is 289 g/mol. The van der Waals surface area contributed by atoms with E-state index in [0.29, 0.717) is 0 Å². The number of nitrogens with zero attached hydrogens (tertiary/aromatic N) is 3. The molecule has 0 saturated heterocycles. The second kappa shape index (κ2) is 5.53. The number of rotatable bonds is 4. The molecule has 2 rings (SSSR count). The smallest absolute Gasteiger partial charge is 0.312 e. The molecule has 0 aliphatic heterocycles. The van der Waals surface area contributed by atoms with Gasteiger partial charge < -0.3 is 9.13 Å². The summed E-state index contributed by atoms with van der Waals surface area (Å²) in [5, 5.41) is 10.5. The number of carbonyl (C=O) groups excluding carboxylic acids is 1. The molecule has 0 aliphatic carbocycles. The number of nitro groups is 1. The van der Waals surface area contributed by atoms with Gasteiger partial charge in [0.2, 0.25) is 0 Å². The van der Waals surface area contributed by atoms with E-state index >= 15 is 0 Å². The second-order valence-corrected chi connectivity index (χ2v) is 4.37. The molecule has 1 heterocycles. The third-order valence-electron chi connectivity index (χ3n) is 2.95. The van der Waals surface area contributed by atoms with E-state index in [9.17, 15) is 24.5 Å². The predicted octanol–water partition coefficient (Wildman–Crippen LogP) is 0.338. The molecular formula is C13H11N3O5. The highest BCUT2D eigenvalue weighted by Gasteiger charge is 2.12. The van der Waals surface area contributed by atoms with Crippen LogP contribution in [-0.2, 0) is 13.6 Å². The zero-order valence-electron chi connectivity index (χ0n) is 11.1. The number of hydrogen-bond donors (Lipinski definition) is 0. The summed E-state index contributed by atoms with van der Waals surface area (Å²) in [5.74, 6) is -0.416. The third-order valence-corrected chi connectivity index (χ3v) is 2.95. The zero-order valence-corrected chi connectivity index (χ0v) is 11.1. The standard InChI is InChI=1S/C13H11N3O5/c1-14-6-7-15(13(19)12(14)18)8-11(17)9-2-4-10(5-3-9)16(20)21/h2-7H,8H2,1H3. The fourth-order valence-electron chi connectivity index (χ4n) is 1.73. The average molecular weight is 289 g/mol. The van der Waals surface area contributed by atoms with Gasteiger partial charge in [-0.25, -0.2) is 0 Å². The maximum Gasteiger partial charge on any atom is 0.316 e.